The fourth-order valence-corrected chi connectivity index (χ4v) is 4.22. The van der Waals surface area contributed by atoms with Gasteiger partial charge < -0.3 is 15.4 Å². The minimum Gasteiger partial charge on any atom is -0.484 e. The zero-order valence-electron chi connectivity index (χ0n) is 15.1. The van der Waals surface area contributed by atoms with Gasteiger partial charge in [-0.05, 0) is 49.3 Å². The highest BCUT2D eigenvalue weighted by atomic mass is 16.5. The van der Waals surface area contributed by atoms with Crippen LogP contribution in [0.3, 0.4) is 0 Å². The number of benzene rings is 1. The largest absolute Gasteiger partial charge is 0.484 e. The number of primary amides is 1. The first-order chi connectivity index (χ1) is 12.6. The first-order valence-corrected chi connectivity index (χ1v) is 9.61. The number of fused-ring (bicyclic) bond motifs is 4. The molecule has 2 N–H and O–H groups in total. The van der Waals surface area contributed by atoms with Gasteiger partial charge in [-0.2, -0.15) is 0 Å². The molecule has 2 atom stereocenters. The standard InChI is InChI=1S/C20H27N3O3/c21-19(24)13-26-18-3-1-2-15(8-18)9-22-11-16-6-7-17(12-22)23(20(16)25)10-14-4-5-14/h1-3,8,14,16-17H,4-7,9-13H2,(H2,21,24)/t16-,17+/m0/s1. The monoisotopic (exact) mass is 357 g/mol. The molecule has 3 saturated heterocycles. The van der Waals surface area contributed by atoms with Crippen molar-refractivity contribution in [3.8, 4) is 5.75 Å². The molecule has 6 nitrogen and oxygen atoms in total. The van der Waals surface area contributed by atoms with Crippen LogP contribution in [0.2, 0.25) is 0 Å². The van der Waals surface area contributed by atoms with E-state index >= 15 is 0 Å². The van der Waals surface area contributed by atoms with Gasteiger partial charge in [-0.3, -0.25) is 14.5 Å². The molecular weight excluding hydrogens is 330 g/mol. The first kappa shape index (κ1) is 17.3. The summed E-state index contributed by atoms with van der Waals surface area (Å²) in [6.45, 7) is 3.43. The van der Waals surface area contributed by atoms with Crippen LogP contribution >= 0.6 is 0 Å². The van der Waals surface area contributed by atoms with Gasteiger partial charge in [0.15, 0.2) is 6.61 Å². The molecule has 0 radical (unpaired) electrons. The van der Waals surface area contributed by atoms with E-state index in [9.17, 15) is 9.59 Å². The minimum atomic E-state index is -0.478. The molecular formula is C20H27N3O3. The van der Waals surface area contributed by atoms with Gasteiger partial charge in [-0.15, -0.1) is 0 Å². The molecule has 2 amide bonds. The highest BCUT2D eigenvalue weighted by Crippen LogP contribution is 2.35. The number of amides is 2. The van der Waals surface area contributed by atoms with E-state index in [-0.39, 0.29) is 12.5 Å². The Balaban J connectivity index is 1.42. The normalized spacial score (nSPS) is 26.0. The van der Waals surface area contributed by atoms with Gasteiger partial charge in [0.1, 0.15) is 5.75 Å². The Morgan fingerprint density at radius 1 is 1.19 bits per heavy atom. The fraction of sp³-hybridized carbons (Fsp3) is 0.600. The average Bonchev–Trinajstić information content (AvgIpc) is 3.44. The lowest BCUT2D eigenvalue weighted by Crippen LogP contribution is -2.48. The molecule has 0 aromatic heterocycles. The van der Waals surface area contributed by atoms with Crippen LogP contribution in [0, 0.1) is 11.8 Å². The molecule has 3 aliphatic heterocycles. The van der Waals surface area contributed by atoms with E-state index in [2.05, 4.69) is 15.9 Å². The average molecular weight is 357 g/mol. The predicted octanol–water partition coefficient (Wildman–Crippen LogP) is 1.38. The Labute approximate surface area is 154 Å². The zero-order chi connectivity index (χ0) is 18.1. The van der Waals surface area contributed by atoms with E-state index in [4.69, 9.17) is 10.5 Å². The first-order valence-electron chi connectivity index (χ1n) is 9.61. The third kappa shape index (κ3) is 4.01. The lowest BCUT2D eigenvalue weighted by Gasteiger charge is -2.36. The van der Waals surface area contributed by atoms with Gasteiger partial charge in [-0.25, -0.2) is 0 Å². The maximum absolute atomic E-state index is 12.8. The molecule has 2 bridgehead atoms. The number of carbonyl (C=O) groups excluding carboxylic acids is 2. The van der Waals surface area contributed by atoms with Crippen LogP contribution in [0.5, 0.6) is 5.75 Å². The lowest BCUT2D eigenvalue weighted by atomic mass is 9.94. The van der Waals surface area contributed by atoms with Crippen molar-refractivity contribution in [3.63, 3.8) is 0 Å². The summed E-state index contributed by atoms with van der Waals surface area (Å²) < 4.78 is 5.41. The van der Waals surface area contributed by atoms with Gasteiger partial charge in [0, 0.05) is 32.2 Å². The third-order valence-electron chi connectivity index (χ3n) is 5.71. The molecule has 140 valence electrons. The second kappa shape index (κ2) is 7.27. The summed E-state index contributed by atoms with van der Waals surface area (Å²) in [7, 11) is 0. The second-order valence-corrected chi connectivity index (χ2v) is 7.96. The smallest absolute Gasteiger partial charge is 0.255 e. The topological polar surface area (TPSA) is 75.9 Å². The fourth-order valence-electron chi connectivity index (χ4n) is 4.22. The van der Waals surface area contributed by atoms with E-state index in [0.717, 1.165) is 50.5 Å². The third-order valence-corrected chi connectivity index (χ3v) is 5.71. The number of hydrogen-bond donors (Lipinski definition) is 1. The Kier molecular flexibility index (Phi) is 4.85. The minimum absolute atomic E-state index is 0.109. The number of ether oxygens (including phenoxy) is 1. The molecule has 5 rings (SSSR count). The van der Waals surface area contributed by atoms with Gasteiger partial charge in [0.05, 0.1) is 5.92 Å². The number of carbonyl (C=O) groups is 2. The van der Waals surface area contributed by atoms with Gasteiger partial charge >= 0.3 is 0 Å². The highest BCUT2D eigenvalue weighted by Gasteiger charge is 2.42. The lowest BCUT2D eigenvalue weighted by molar-refractivity contribution is -0.140. The van der Waals surface area contributed by atoms with Crippen LogP contribution in [0.1, 0.15) is 31.2 Å². The summed E-state index contributed by atoms with van der Waals surface area (Å²) in [6, 6.07) is 8.14. The van der Waals surface area contributed by atoms with E-state index in [1.54, 1.807) is 0 Å². The van der Waals surface area contributed by atoms with Crippen LogP contribution < -0.4 is 10.5 Å². The molecule has 4 fully saturated rings. The quantitative estimate of drug-likeness (QED) is 0.800. The summed E-state index contributed by atoms with van der Waals surface area (Å²) in [5.41, 5.74) is 6.27. The van der Waals surface area contributed by atoms with E-state index in [1.807, 2.05) is 18.2 Å². The number of hydrogen-bond acceptors (Lipinski definition) is 4. The van der Waals surface area contributed by atoms with Crippen LogP contribution in [0.4, 0.5) is 0 Å². The van der Waals surface area contributed by atoms with Crippen molar-refractivity contribution in [3.05, 3.63) is 29.8 Å². The number of nitrogens with two attached hydrogens (primary N) is 1. The summed E-state index contributed by atoms with van der Waals surface area (Å²) in [6.07, 6.45) is 4.70. The Hall–Kier alpha value is -2.08. The highest BCUT2D eigenvalue weighted by molar-refractivity contribution is 5.80. The predicted molar refractivity (Wildman–Crippen MR) is 97.4 cm³/mol. The van der Waals surface area contributed by atoms with Crippen LogP contribution in [0.15, 0.2) is 24.3 Å². The number of rotatable bonds is 7. The Bertz CT molecular complexity index is 689. The SMILES string of the molecule is NC(=O)COc1cccc(CN2C[C@@H]3CC[C@H](C2)N(CC2CC2)C3=O)c1. The van der Waals surface area contributed by atoms with Crippen LogP contribution in [0.25, 0.3) is 0 Å². The summed E-state index contributed by atoms with van der Waals surface area (Å²) in [5.74, 6) is 1.43. The van der Waals surface area contributed by atoms with E-state index < -0.39 is 5.91 Å². The van der Waals surface area contributed by atoms with Gasteiger partial charge in [0.2, 0.25) is 5.91 Å². The van der Waals surface area contributed by atoms with E-state index in [1.165, 1.54) is 12.8 Å². The molecule has 0 spiro atoms. The van der Waals surface area contributed by atoms with Crippen molar-refractivity contribution in [2.75, 3.05) is 26.2 Å². The molecule has 1 aromatic rings. The Morgan fingerprint density at radius 2 is 2.04 bits per heavy atom. The van der Waals surface area contributed by atoms with Crippen molar-refractivity contribution in [1.82, 2.24) is 9.80 Å². The summed E-state index contributed by atoms with van der Waals surface area (Å²) in [5, 5.41) is 0. The number of nitrogens with zero attached hydrogens (tertiary/aromatic N) is 2. The molecule has 26 heavy (non-hydrogen) atoms. The molecule has 3 heterocycles. The van der Waals surface area contributed by atoms with Crippen molar-refractivity contribution in [2.24, 2.45) is 17.6 Å². The van der Waals surface area contributed by atoms with E-state index in [0.29, 0.717) is 17.7 Å². The molecule has 1 aliphatic carbocycles. The van der Waals surface area contributed by atoms with Crippen molar-refractivity contribution >= 4 is 11.8 Å². The van der Waals surface area contributed by atoms with Crippen molar-refractivity contribution in [1.29, 1.82) is 0 Å². The Morgan fingerprint density at radius 3 is 2.81 bits per heavy atom. The van der Waals surface area contributed by atoms with Gasteiger partial charge in [0.25, 0.3) is 5.91 Å². The molecule has 4 aliphatic rings. The van der Waals surface area contributed by atoms with Crippen LogP contribution in [-0.4, -0.2) is 53.9 Å². The maximum Gasteiger partial charge on any atom is 0.255 e. The summed E-state index contributed by atoms with van der Waals surface area (Å²) in [4.78, 5) is 28.3. The number of piperidine rings is 1. The van der Waals surface area contributed by atoms with Crippen LogP contribution in [-0.2, 0) is 16.1 Å². The van der Waals surface area contributed by atoms with Crippen molar-refractivity contribution in [2.45, 2.75) is 38.3 Å². The second-order valence-electron chi connectivity index (χ2n) is 7.96. The van der Waals surface area contributed by atoms with Gasteiger partial charge in [-0.1, -0.05) is 12.1 Å². The molecule has 6 heteroatoms. The zero-order valence-corrected chi connectivity index (χ0v) is 15.1. The van der Waals surface area contributed by atoms with Crippen molar-refractivity contribution < 1.29 is 14.3 Å². The molecule has 1 saturated carbocycles. The molecule has 0 unspecified atom stereocenters. The molecule has 1 aromatic carbocycles. The summed E-state index contributed by atoms with van der Waals surface area (Å²) >= 11 is 0. The maximum atomic E-state index is 12.8.